The molecule has 0 aromatic rings. The number of hydrogen-bond acceptors (Lipinski definition) is 2. The van der Waals surface area contributed by atoms with Crippen LogP contribution in [0.15, 0.2) is 0 Å². The van der Waals surface area contributed by atoms with Crippen molar-refractivity contribution in [1.29, 1.82) is 0 Å². The van der Waals surface area contributed by atoms with Gasteiger partial charge in [-0.2, -0.15) is 0 Å². The normalized spacial score (nSPS) is 32.7. The van der Waals surface area contributed by atoms with Crippen LogP contribution in [-0.2, 0) is 16.3 Å². The predicted octanol–water partition coefficient (Wildman–Crippen LogP) is 2.00. The second-order valence-electron chi connectivity index (χ2n) is 3.13. The molecule has 14 heavy (non-hydrogen) atoms. The highest BCUT2D eigenvalue weighted by Gasteiger charge is 2.33. The molecule has 7 heteroatoms. The van der Waals surface area contributed by atoms with Gasteiger partial charge in [0.25, 0.3) is 0 Å². The molecule has 0 amide bonds. The summed E-state index contributed by atoms with van der Waals surface area (Å²) in [5, 5.41) is 3.26. The molecule has 2 atom stereocenters. The van der Waals surface area contributed by atoms with Crippen molar-refractivity contribution in [2.45, 2.75) is 13.0 Å². The fourth-order valence-electron chi connectivity index (χ4n) is 1.30. The van der Waals surface area contributed by atoms with E-state index in [0.717, 1.165) is 19.6 Å². The SMILES string of the molecule is CC1CNP(=S)(N(CCCl)CCCl)O1. The van der Waals surface area contributed by atoms with E-state index in [-0.39, 0.29) is 6.10 Å². The smallest absolute Gasteiger partial charge is 0.201 e. The maximum atomic E-state index is 5.74. The molecule has 1 heterocycles. The average Bonchev–Trinajstić information content (AvgIpc) is 2.47. The van der Waals surface area contributed by atoms with Gasteiger partial charge in [-0.05, 0) is 18.7 Å². The van der Waals surface area contributed by atoms with Gasteiger partial charge in [0.05, 0.1) is 6.10 Å². The lowest BCUT2D eigenvalue weighted by Crippen LogP contribution is -2.28. The largest absolute Gasteiger partial charge is 0.322 e. The van der Waals surface area contributed by atoms with Gasteiger partial charge >= 0.3 is 0 Å². The van der Waals surface area contributed by atoms with Crippen LogP contribution in [0, 0.1) is 0 Å². The van der Waals surface area contributed by atoms with E-state index >= 15 is 0 Å². The van der Waals surface area contributed by atoms with Gasteiger partial charge in [-0.15, -0.1) is 23.2 Å². The molecule has 0 aromatic carbocycles. The Morgan fingerprint density at radius 3 is 2.43 bits per heavy atom. The first-order valence-corrected chi connectivity index (χ1v) is 8.27. The fourth-order valence-corrected chi connectivity index (χ4v) is 5.28. The molecule has 0 bridgehead atoms. The predicted molar refractivity (Wildman–Crippen MR) is 65.8 cm³/mol. The molecular formula is C7H15Cl2N2OPS. The Labute approximate surface area is 100 Å². The second kappa shape index (κ2) is 6.00. The Morgan fingerprint density at radius 2 is 2.07 bits per heavy atom. The molecule has 0 radical (unpaired) electrons. The van der Waals surface area contributed by atoms with Gasteiger partial charge in [0.1, 0.15) is 0 Å². The monoisotopic (exact) mass is 276 g/mol. The minimum atomic E-state index is -2.02. The van der Waals surface area contributed by atoms with Crippen LogP contribution < -0.4 is 5.09 Å². The molecule has 0 aromatic heterocycles. The van der Waals surface area contributed by atoms with Crippen LogP contribution in [0.3, 0.4) is 0 Å². The van der Waals surface area contributed by atoms with E-state index in [2.05, 4.69) is 9.76 Å². The molecule has 0 aliphatic carbocycles. The van der Waals surface area contributed by atoms with Crippen LogP contribution in [0.4, 0.5) is 0 Å². The Balaban J connectivity index is 2.61. The lowest BCUT2D eigenvalue weighted by molar-refractivity contribution is 0.264. The van der Waals surface area contributed by atoms with Gasteiger partial charge in [0.15, 0.2) is 0 Å². The first-order chi connectivity index (χ1) is 6.62. The summed E-state index contributed by atoms with van der Waals surface area (Å²) in [5.74, 6) is 1.10. The van der Waals surface area contributed by atoms with Crippen LogP contribution in [0.2, 0.25) is 0 Å². The lowest BCUT2D eigenvalue weighted by atomic mass is 10.4. The third kappa shape index (κ3) is 3.31. The molecular weight excluding hydrogens is 262 g/mol. The molecule has 0 spiro atoms. The van der Waals surface area contributed by atoms with Crippen molar-refractivity contribution < 1.29 is 4.52 Å². The van der Waals surface area contributed by atoms with Gasteiger partial charge in [0.2, 0.25) is 6.57 Å². The van der Waals surface area contributed by atoms with Crippen LogP contribution >= 0.6 is 29.8 Å². The topological polar surface area (TPSA) is 24.5 Å². The maximum absolute atomic E-state index is 5.74. The summed E-state index contributed by atoms with van der Waals surface area (Å²) in [6.45, 7) is 2.27. The summed E-state index contributed by atoms with van der Waals surface area (Å²) in [4.78, 5) is 0. The third-order valence-electron chi connectivity index (χ3n) is 1.96. The Bertz CT molecular complexity index is 226. The summed E-state index contributed by atoms with van der Waals surface area (Å²) in [6.07, 6.45) is 0.189. The number of nitrogens with one attached hydrogen (secondary N) is 1. The van der Waals surface area contributed by atoms with Crippen molar-refractivity contribution >= 4 is 41.6 Å². The zero-order chi connectivity index (χ0) is 10.6. The maximum Gasteiger partial charge on any atom is 0.201 e. The third-order valence-corrected chi connectivity index (χ3v) is 6.01. The van der Waals surface area contributed by atoms with Crippen molar-refractivity contribution in [3.63, 3.8) is 0 Å². The standard InChI is InChI=1S/C7H15Cl2N2OPS/c1-7-6-10-13(14,12-7)11(4-2-8)5-3-9/h7H,2-6H2,1H3,(H,10,14). The van der Waals surface area contributed by atoms with Crippen molar-refractivity contribution in [1.82, 2.24) is 9.76 Å². The quantitative estimate of drug-likeness (QED) is 0.613. The van der Waals surface area contributed by atoms with Gasteiger partial charge in [-0.3, -0.25) is 5.09 Å². The highest BCUT2D eigenvalue weighted by atomic mass is 35.5. The van der Waals surface area contributed by atoms with E-state index in [1.165, 1.54) is 0 Å². The highest BCUT2D eigenvalue weighted by Crippen LogP contribution is 2.51. The van der Waals surface area contributed by atoms with Crippen LogP contribution in [0.5, 0.6) is 0 Å². The van der Waals surface area contributed by atoms with Crippen molar-refractivity contribution in [2.75, 3.05) is 31.4 Å². The molecule has 1 N–H and O–H groups in total. The first kappa shape index (κ1) is 13.2. The van der Waals surface area contributed by atoms with E-state index in [0.29, 0.717) is 11.8 Å². The van der Waals surface area contributed by atoms with E-state index in [4.69, 9.17) is 39.5 Å². The van der Waals surface area contributed by atoms with Crippen LogP contribution in [-0.4, -0.2) is 42.2 Å². The van der Waals surface area contributed by atoms with Gasteiger partial charge in [0, 0.05) is 31.4 Å². The molecule has 1 fully saturated rings. The summed E-state index contributed by atoms with van der Waals surface area (Å²) >= 11 is 16.9. The molecule has 1 saturated heterocycles. The summed E-state index contributed by atoms with van der Waals surface area (Å²) in [7, 11) is 0. The van der Waals surface area contributed by atoms with E-state index in [1.54, 1.807) is 0 Å². The Kier molecular flexibility index (Phi) is 5.64. The summed E-state index contributed by atoms with van der Waals surface area (Å²) in [6, 6.07) is 0. The molecule has 1 aliphatic rings. The molecule has 3 nitrogen and oxygen atoms in total. The summed E-state index contributed by atoms with van der Waals surface area (Å²) in [5.41, 5.74) is 0. The molecule has 2 unspecified atom stereocenters. The zero-order valence-electron chi connectivity index (χ0n) is 8.08. The number of halogens is 2. The minimum Gasteiger partial charge on any atom is -0.322 e. The summed E-state index contributed by atoms with van der Waals surface area (Å²) < 4.78 is 7.80. The molecule has 1 rings (SSSR count). The number of nitrogens with zero attached hydrogens (tertiary/aromatic N) is 1. The van der Waals surface area contributed by atoms with Crippen molar-refractivity contribution in [3.05, 3.63) is 0 Å². The zero-order valence-corrected chi connectivity index (χ0v) is 11.3. The highest BCUT2D eigenvalue weighted by molar-refractivity contribution is 8.10. The number of hydrogen-bond donors (Lipinski definition) is 1. The van der Waals surface area contributed by atoms with Gasteiger partial charge in [-0.1, -0.05) is 0 Å². The van der Waals surface area contributed by atoms with Crippen molar-refractivity contribution in [3.8, 4) is 0 Å². The molecule has 1 aliphatic heterocycles. The number of alkyl halides is 2. The van der Waals surface area contributed by atoms with Crippen molar-refractivity contribution in [2.24, 2.45) is 0 Å². The number of rotatable bonds is 5. The second-order valence-corrected chi connectivity index (χ2v) is 7.50. The van der Waals surface area contributed by atoms with Crippen LogP contribution in [0.1, 0.15) is 6.92 Å². The molecule has 84 valence electrons. The van der Waals surface area contributed by atoms with Gasteiger partial charge < -0.3 is 4.52 Å². The Morgan fingerprint density at radius 1 is 1.50 bits per heavy atom. The first-order valence-electron chi connectivity index (χ1n) is 4.53. The van der Waals surface area contributed by atoms with Crippen LogP contribution in [0.25, 0.3) is 0 Å². The average molecular weight is 277 g/mol. The van der Waals surface area contributed by atoms with E-state index < -0.39 is 6.57 Å². The Hall–Kier alpha value is 1.11. The fraction of sp³-hybridized carbons (Fsp3) is 1.00. The molecule has 0 saturated carbocycles. The van der Waals surface area contributed by atoms with E-state index in [9.17, 15) is 0 Å². The lowest BCUT2D eigenvalue weighted by Gasteiger charge is -2.29. The van der Waals surface area contributed by atoms with Gasteiger partial charge in [-0.25, -0.2) is 4.67 Å². The minimum absolute atomic E-state index is 0.189. The van der Waals surface area contributed by atoms with E-state index in [1.807, 2.05) is 6.92 Å².